The Balaban J connectivity index is 0.00000364. The van der Waals surface area contributed by atoms with Crippen LogP contribution in [-0.4, -0.2) is 50.0 Å². The highest BCUT2D eigenvalue weighted by molar-refractivity contribution is 14.0. The third-order valence-corrected chi connectivity index (χ3v) is 5.86. The topological polar surface area (TPSA) is 75.1 Å². The number of nitrogens with one attached hydrogen (secondary N) is 2. The van der Waals surface area contributed by atoms with Crippen molar-refractivity contribution in [1.82, 2.24) is 10.6 Å². The first-order chi connectivity index (χ1) is 12.3. The molecular weight excluding hydrogens is 457 g/mol. The monoisotopic (exact) mass is 491 g/mol. The number of aliphatic hydroxyl groups excluding tert-OH is 1. The highest BCUT2D eigenvalue weighted by atomic mass is 127. The number of methoxy groups -OCH3 is 2. The number of ether oxygens (including phenoxy) is 2. The average Bonchev–Trinajstić information content (AvgIpc) is 2.65. The summed E-state index contributed by atoms with van der Waals surface area (Å²) in [6.45, 7) is 9.63. The van der Waals surface area contributed by atoms with Gasteiger partial charge in [0.05, 0.1) is 25.4 Å². The van der Waals surface area contributed by atoms with Crippen molar-refractivity contribution in [3.05, 3.63) is 29.8 Å². The quantitative estimate of drug-likeness (QED) is 0.311. The molecule has 1 fully saturated rings. The number of aliphatic imine (C=N–C) groups is 1. The predicted molar refractivity (Wildman–Crippen MR) is 120 cm³/mol. The van der Waals surface area contributed by atoms with E-state index in [1.54, 1.807) is 14.2 Å². The van der Waals surface area contributed by atoms with E-state index < -0.39 is 6.10 Å². The van der Waals surface area contributed by atoms with Gasteiger partial charge in [-0.25, -0.2) is 0 Å². The predicted octanol–water partition coefficient (Wildman–Crippen LogP) is 3.11. The van der Waals surface area contributed by atoms with Crippen molar-refractivity contribution in [2.24, 2.45) is 10.4 Å². The van der Waals surface area contributed by atoms with Crippen molar-refractivity contribution in [1.29, 1.82) is 0 Å². The molecule has 0 aliphatic heterocycles. The Bertz CT molecular complexity index is 621. The number of benzene rings is 1. The fraction of sp³-hybridized carbons (Fsp3) is 0.650. The van der Waals surface area contributed by atoms with Gasteiger partial charge in [-0.05, 0) is 38.0 Å². The Labute approximate surface area is 180 Å². The molecule has 27 heavy (non-hydrogen) atoms. The summed E-state index contributed by atoms with van der Waals surface area (Å²) in [4.78, 5) is 4.57. The van der Waals surface area contributed by atoms with Crippen molar-refractivity contribution in [2.75, 3.05) is 27.3 Å². The molecule has 7 heteroatoms. The van der Waals surface area contributed by atoms with Crippen molar-refractivity contribution in [2.45, 2.75) is 51.9 Å². The molecule has 1 aliphatic rings. The summed E-state index contributed by atoms with van der Waals surface area (Å²) >= 11 is 0. The van der Waals surface area contributed by atoms with E-state index in [0.29, 0.717) is 0 Å². The molecule has 0 radical (unpaired) electrons. The van der Waals surface area contributed by atoms with Crippen molar-refractivity contribution >= 4 is 29.9 Å². The molecule has 0 bridgehead atoms. The molecule has 1 aromatic carbocycles. The number of hydrogen-bond acceptors (Lipinski definition) is 4. The van der Waals surface area contributed by atoms with Crippen LogP contribution in [0.2, 0.25) is 0 Å². The summed E-state index contributed by atoms with van der Waals surface area (Å²) < 4.78 is 10.8. The molecule has 0 amide bonds. The third kappa shape index (κ3) is 5.26. The highest BCUT2D eigenvalue weighted by Crippen LogP contribution is 2.51. The molecule has 1 aromatic rings. The van der Waals surface area contributed by atoms with Crippen LogP contribution in [0.25, 0.3) is 0 Å². The molecule has 0 aromatic heterocycles. The molecule has 3 unspecified atom stereocenters. The first kappa shape index (κ1) is 24.0. The van der Waals surface area contributed by atoms with Crippen LogP contribution in [-0.2, 0) is 4.74 Å². The van der Waals surface area contributed by atoms with E-state index in [-0.39, 0.29) is 47.6 Å². The minimum Gasteiger partial charge on any atom is -0.497 e. The minimum atomic E-state index is -0.657. The largest absolute Gasteiger partial charge is 0.497 e. The number of nitrogens with zero attached hydrogens (tertiary/aromatic N) is 1. The van der Waals surface area contributed by atoms with Gasteiger partial charge in [0.25, 0.3) is 0 Å². The van der Waals surface area contributed by atoms with E-state index in [1.807, 2.05) is 31.2 Å². The lowest BCUT2D eigenvalue weighted by atomic mass is 9.56. The van der Waals surface area contributed by atoms with Gasteiger partial charge in [0.1, 0.15) is 5.75 Å². The Morgan fingerprint density at radius 1 is 1.26 bits per heavy atom. The third-order valence-electron chi connectivity index (χ3n) is 5.86. The molecule has 3 atom stereocenters. The highest BCUT2D eigenvalue weighted by Gasteiger charge is 2.58. The maximum absolute atomic E-state index is 10.4. The van der Waals surface area contributed by atoms with E-state index in [9.17, 15) is 5.11 Å². The van der Waals surface area contributed by atoms with E-state index in [2.05, 4.69) is 36.4 Å². The molecule has 0 heterocycles. The number of aliphatic hydroxyl groups is 1. The smallest absolute Gasteiger partial charge is 0.191 e. The Hall–Kier alpha value is -1.06. The number of hydrogen-bond donors (Lipinski definition) is 3. The van der Waals surface area contributed by atoms with E-state index in [4.69, 9.17) is 9.47 Å². The Morgan fingerprint density at radius 2 is 1.89 bits per heavy atom. The van der Waals surface area contributed by atoms with Gasteiger partial charge in [-0.1, -0.05) is 26.0 Å². The maximum atomic E-state index is 10.4. The van der Waals surface area contributed by atoms with Gasteiger partial charge in [0, 0.05) is 25.1 Å². The van der Waals surface area contributed by atoms with Crippen molar-refractivity contribution in [3.63, 3.8) is 0 Å². The van der Waals surface area contributed by atoms with Gasteiger partial charge in [-0.3, -0.25) is 4.99 Å². The molecule has 3 N–H and O–H groups in total. The molecule has 1 aliphatic carbocycles. The fourth-order valence-electron chi connectivity index (χ4n) is 3.32. The fourth-order valence-corrected chi connectivity index (χ4v) is 3.32. The molecular formula is C20H34IN3O3. The molecule has 0 saturated heterocycles. The minimum absolute atomic E-state index is 0. The zero-order chi connectivity index (χ0) is 19.4. The summed E-state index contributed by atoms with van der Waals surface area (Å²) in [5, 5.41) is 17.2. The van der Waals surface area contributed by atoms with Gasteiger partial charge >= 0.3 is 0 Å². The number of halogens is 1. The van der Waals surface area contributed by atoms with Crippen LogP contribution in [0.15, 0.2) is 29.3 Å². The Morgan fingerprint density at radius 3 is 2.37 bits per heavy atom. The van der Waals surface area contributed by atoms with Gasteiger partial charge in [0.2, 0.25) is 0 Å². The molecule has 154 valence electrons. The lowest BCUT2D eigenvalue weighted by molar-refractivity contribution is -0.176. The number of rotatable bonds is 7. The zero-order valence-corrected chi connectivity index (χ0v) is 19.5. The molecule has 0 spiro atoms. The lowest BCUT2D eigenvalue weighted by Gasteiger charge is -2.59. The first-order valence-corrected chi connectivity index (χ1v) is 9.19. The van der Waals surface area contributed by atoms with Crippen LogP contribution in [0.3, 0.4) is 0 Å². The van der Waals surface area contributed by atoms with Gasteiger partial charge in [-0.2, -0.15) is 0 Å². The van der Waals surface area contributed by atoms with Gasteiger partial charge < -0.3 is 25.2 Å². The second kappa shape index (κ2) is 9.93. The van der Waals surface area contributed by atoms with Gasteiger partial charge in [0.15, 0.2) is 5.96 Å². The van der Waals surface area contributed by atoms with E-state index in [1.165, 1.54) is 0 Å². The average molecular weight is 491 g/mol. The standard InChI is InChI=1S/C20H33N3O3.HI/c1-7-21-18(23-17-12-20(4,26-6)19(17,2)3)22-13-16(24)14-8-10-15(25-5)11-9-14;/h8-11,16-17,24H,7,12-13H2,1-6H3,(H2,21,22,23);1H. The summed E-state index contributed by atoms with van der Waals surface area (Å²) in [5.41, 5.74) is 0.679. The Kier molecular flexibility index (Phi) is 8.82. The summed E-state index contributed by atoms with van der Waals surface area (Å²) in [5.74, 6) is 1.49. The van der Waals surface area contributed by atoms with E-state index in [0.717, 1.165) is 30.2 Å². The SMILES string of the molecule is CCNC(=NCC(O)c1ccc(OC)cc1)NC1CC(C)(OC)C1(C)C.I. The first-order valence-electron chi connectivity index (χ1n) is 9.19. The van der Waals surface area contributed by atoms with Crippen LogP contribution in [0, 0.1) is 5.41 Å². The lowest BCUT2D eigenvalue weighted by Crippen LogP contribution is -2.69. The number of guanidine groups is 1. The second-order valence-electron chi connectivity index (χ2n) is 7.57. The molecule has 6 nitrogen and oxygen atoms in total. The normalized spacial score (nSPS) is 25.0. The van der Waals surface area contributed by atoms with Gasteiger partial charge in [-0.15, -0.1) is 24.0 Å². The van der Waals surface area contributed by atoms with Crippen LogP contribution < -0.4 is 15.4 Å². The molecule has 1 saturated carbocycles. The summed E-state index contributed by atoms with van der Waals surface area (Å²) in [6.07, 6.45) is 0.261. The van der Waals surface area contributed by atoms with Crippen LogP contribution in [0.4, 0.5) is 0 Å². The summed E-state index contributed by atoms with van der Waals surface area (Å²) in [6, 6.07) is 7.67. The van der Waals surface area contributed by atoms with Crippen LogP contribution >= 0.6 is 24.0 Å². The summed E-state index contributed by atoms with van der Waals surface area (Å²) in [7, 11) is 3.39. The van der Waals surface area contributed by atoms with Crippen LogP contribution in [0.5, 0.6) is 5.75 Å². The van der Waals surface area contributed by atoms with Crippen LogP contribution in [0.1, 0.15) is 45.8 Å². The van der Waals surface area contributed by atoms with Crippen molar-refractivity contribution in [3.8, 4) is 5.75 Å². The van der Waals surface area contributed by atoms with Crippen molar-refractivity contribution < 1.29 is 14.6 Å². The van der Waals surface area contributed by atoms with E-state index >= 15 is 0 Å². The second-order valence-corrected chi connectivity index (χ2v) is 7.57. The zero-order valence-electron chi connectivity index (χ0n) is 17.2. The molecule has 2 rings (SSSR count). The maximum Gasteiger partial charge on any atom is 0.191 e.